The number of nitrogens with one attached hydrogen (secondary N) is 3. The van der Waals surface area contributed by atoms with E-state index in [1.165, 1.54) is 0 Å². The number of aromatic hydroxyl groups is 2. The van der Waals surface area contributed by atoms with Crippen molar-refractivity contribution in [2.75, 3.05) is 51.8 Å². The molecule has 242 valence electrons. The lowest BCUT2D eigenvalue weighted by molar-refractivity contribution is 0.192. The molecule has 1 aliphatic rings. The number of hydrogen-bond acceptors (Lipinski definition) is 9. The van der Waals surface area contributed by atoms with E-state index in [0.717, 1.165) is 74.4 Å². The van der Waals surface area contributed by atoms with Crippen LogP contribution < -0.4 is 16.0 Å². The maximum Gasteiger partial charge on any atom is 0.339 e. The average molecular weight is 644 g/mol. The van der Waals surface area contributed by atoms with Gasteiger partial charge in [-0.15, -0.1) is 0 Å². The monoisotopic (exact) mass is 643 g/mol. The zero-order valence-electron chi connectivity index (χ0n) is 25.0. The SMILES string of the molecule is Cc1cc(CNCP(=O)(O)O)c(O)c(CN2CCCNCCCN(Cc3cc(C)cc(CNCP(=O)(O)O)c3O)CC2)c1. The van der Waals surface area contributed by atoms with Crippen molar-refractivity contribution < 1.29 is 38.9 Å². The molecule has 43 heavy (non-hydrogen) atoms. The summed E-state index contributed by atoms with van der Waals surface area (Å²) >= 11 is 0. The number of benzene rings is 2. The molecule has 1 heterocycles. The zero-order chi connectivity index (χ0) is 31.6. The Hall–Kier alpha value is -1.86. The summed E-state index contributed by atoms with van der Waals surface area (Å²) in [6, 6.07) is 7.51. The van der Waals surface area contributed by atoms with Gasteiger partial charge in [0.15, 0.2) is 0 Å². The van der Waals surface area contributed by atoms with Gasteiger partial charge in [0.25, 0.3) is 0 Å². The first-order chi connectivity index (χ1) is 20.2. The van der Waals surface area contributed by atoms with Crippen molar-refractivity contribution in [3.05, 3.63) is 57.6 Å². The summed E-state index contributed by atoms with van der Waals surface area (Å²) in [5.41, 5.74) is 4.58. The second-order valence-electron chi connectivity index (χ2n) is 11.4. The fourth-order valence-electron chi connectivity index (χ4n) is 5.34. The molecule has 1 saturated heterocycles. The van der Waals surface area contributed by atoms with Gasteiger partial charge >= 0.3 is 15.2 Å². The molecule has 0 aromatic heterocycles. The van der Waals surface area contributed by atoms with E-state index in [9.17, 15) is 19.3 Å². The van der Waals surface area contributed by atoms with Gasteiger partial charge in [-0.2, -0.15) is 0 Å². The topological polar surface area (TPSA) is 198 Å². The van der Waals surface area contributed by atoms with E-state index >= 15 is 0 Å². The molecule has 0 atom stereocenters. The molecule has 0 radical (unpaired) electrons. The molecule has 1 aliphatic heterocycles. The van der Waals surface area contributed by atoms with Crippen molar-refractivity contribution >= 4 is 15.2 Å². The summed E-state index contributed by atoms with van der Waals surface area (Å²) in [5, 5.41) is 31.0. The Labute approximate surface area is 253 Å². The van der Waals surface area contributed by atoms with E-state index in [0.29, 0.717) is 24.2 Å². The van der Waals surface area contributed by atoms with Gasteiger partial charge in [0.1, 0.15) is 11.5 Å². The number of nitrogens with zero attached hydrogens (tertiary/aromatic N) is 2. The van der Waals surface area contributed by atoms with Crippen LogP contribution in [0.3, 0.4) is 0 Å². The maximum absolute atomic E-state index is 11.2. The Morgan fingerprint density at radius 2 is 1.05 bits per heavy atom. The van der Waals surface area contributed by atoms with Crippen molar-refractivity contribution in [3.8, 4) is 11.5 Å². The molecule has 13 nitrogen and oxygen atoms in total. The van der Waals surface area contributed by atoms with E-state index in [2.05, 4.69) is 25.8 Å². The van der Waals surface area contributed by atoms with Gasteiger partial charge < -0.3 is 45.7 Å². The molecule has 0 saturated carbocycles. The van der Waals surface area contributed by atoms with Crippen LogP contribution in [-0.4, -0.2) is 91.4 Å². The van der Waals surface area contributed by atoms with Gasteiger partial charge in [0.05, 0.1) is 12.6 Å². The molecule has 0 unspecified atom stereocenters. The predicted octanol–water partition coefficient (Wildman–Crippen LogP) is 1.85. The molecular formula is C28H47N5O8P2. The molecule has 0 spiro atoms. The molecule has 2 aromatic carbocycles. The number of phenols is 2. The first-order valence-corrected chi connectivity index (χ1v) is 18.1. The van der Waals surface area contributed by atoms with Gasteiger partial charge in [-0.1, -0.05) is 35.4 Å². The minimum absolute atomic E-state index is 0.123. The third-order valence-electron chi connectivity index (χ3n) is 7.27. The lowest BCUT2D eigenvalue weighted by Gasteiger charge is -2.28. The summed E-state index contributed by atoms with van der Waals surface area (Å²) in [6.07, 6.45) is 0.943. The third-order valence-corrected chi connectivity index (χ3v) is 8.54. The average Bonchev–Trinajstić information content (AvgIpc) is 2.94. The number of hydrogen-bond donors (Lipinski definition) is 9. The van der Waals surface area contributed by atoms with Crippen LogP contribution in [0.15, 0.2) is 24.3 Å². The van der Waals surface area contributed by atoms with E-state index in [1.807, 2.05) is 38.1 Å². The Morgan fingerprint density at radius 1 is 0.674 bits per heavy atom. The fourth-order valence-corrected chi connectivity index (χ4v) is 6.14. The highest BCUT2D eigenvalue weighted by molar-refractivity contribution is 7.51. The van der Waals surface area contributed by atoms with Crippen molar-refractivity contribution in [2.24, 2.45) is 0 Å². The molecule has 1 fully saturated rings. The summed E-state index contributed by atoms with van der Waals surface area (Å²) in [7, 11) is -8.40. The second kappa shape index (κ2) is 16.5. The van der Waals surface area contributed by atoms with Crippen molar-refractivity contribution in [2.45, 2.75) is 52.9 Å². The van der Waals surface area contributed by atoms with Crippen molar-refractivity contribution in [1.82, 2.24) is 25.8 Å². The van der Waals surface area contributed by atoms with Gasteiger partial charge in [-0.25, -0.2) is 0 Å². The number of rotatable bonds is 12. The molecule has 0 amide bonds. The minimum Gasteiger partial charge on any atom is -0.507 e. The second-order valence-corrected chi connectivity index (χ2v) is 14.7. The molecule has 0 bridgehead atoms. The van der Waals surface area contributed by atoms with E-state index in [1.54, 1.807) is 0 Å². The zero-order valence-corrected chi connectivity index (χ0v) is 26.8. The van der Waals surface area contributed by atoms with Gasteiger partial charge in [0, 0.05) is 61.5 Å². The standard InChI is InChI=1S/C28H47N5O8P2/c1-21-11-23(15-30-19-42(36,37)38)27(34)25(13-21)17-32-7-3-5-29-6-4-8-33(10-9-32)18-26-14-22(2)12-24(28(26)35)16-31-20-43(39,40)41/h11-14,29-31,34-35H,3-10,15-20H2,1-2H3,(H2,36,37,38)(H2,39,40,41). The van der Waals surface area contributed by atoms with Crippen LogP contribution in [0.25, 0.3) is 0 Å². The van der Waals surface area contributed by atoms with Crippen LogP contribution in [0.5, 0.6) is 11.5 Å². The van der Waals surface area contributed by atoms with Gasteiger partial charge in [-0.05, 0) is 52.9 Å². The van der Waals surface area contributed by atoms with E-state index in [-0.39, 0.29) is 24.6 Å². The van der Waals surface area contributed by atoms with E-state index < -0.39 is 27.8 Å². The molecule has 2 aromatic rings. The summed E-state index contributed by atoms with van der Waals surface area (Å²) < 4.78 is 22.4. The first-order valence-electron chi connectivity index (χ1n) is 14.5. The molecular weight excluding hydrogens is 596 g/mol. The fraction of sp³-hybridized carbons (Fsp3) is 0.571. The maximum atomic E-state index is 11.2. The largest absolute Gasteiger partial charge is 0.507 e. The molecule has 3 rings (SSSR count). The Bertz CT molecular complexity index is 1200. The van der Waals surface area contributed by atoms with Crippen LogP contribution in [0, 0.1) is 13.8 Å². The molecule has 15 heteroatoms. The lowest BCUT2D eigenvalue weighted by Crippen LogP contribution is -2.36. The van der Waals surface area contributed by atoms with Crippen molar-refractivity contribution in [3.63, 3.8) is 0 Å². The third kappa shape index (κ3) is 13.0. The highest BCUT2D eigenvalue weighted by Gasteiger charge is 2.19. The van der Waals surface area contributed by atoms with Crippen molar-refractivity contribution in [1.29, 1.82) is 0 Å². The van der Waals surface area contributed by atoms with Crippen LogP contribution in [0.4, 0.5) is 0 Å². The van der Waals surface area contributed by atoms with Gasteiger partial charge in [-0.3, -0.25) is 18.9 Å². The Morgan fingerprint density at radius 3 is 1.42 bits per heavy atom. The number of phenolic OH excluding ortho intramolecular Hbond substituents is 2. The quantitative estimate of drug-likeness (QED) is 0.152. The Balaban J connectivity index is 1.73. The van der Waals surface area contributed by atoms with Crippen LogP contribution in [0.1, 0.15) is 46.2 Å². The summed E-state index contributed by atoms with van der Waals surface area (Å²) in [6.45, 7) is 9.97. The Kier molecular flexibility index (Phi) is 13.6. The normalized spacial score (nSPS) is 16.7. The highest BCUT2D eigenvalue weighted by Crippen LogP contribution is 2.34. The molecule has 0 aliphatic carbocycles. The predicted molar refractivity (Wildman–Crippen MR) is 166 cm³/mol. The highest BCUT2D eigenvalue weighted by atomic mass is 31.2. The van der Waals surface area contributed by atoms with Gasteiger partial charge in [0.2, 0.25) is 0 Å². The lowest BCUT2D eigenvalue weighted by atomic mass is 10.0. The smallest absolute Gasteiger partial charge is 0.339 e. The molecule has 9 N–H and O–H groups in total. The van der Waals surface area contributed by atoms with Crippen LogP contribution in [-0.2, 0) is 35.3 Å². The summed E-state index contributed by atoms with van der Waals surface area (Å²) in [5.74, 6) is 0.246. The number of aryl methyl sites for hydroxylation is 2. The van der Waals surface area contributed by atoms with Crippen LogP contribution in [0.2, 0.25) is 0 Å². The van der Waals surface area contributed by atoms with E-state index in [4.69, 9.17) is 19.6 Å². The summed E-state index contributed by atoms with van der Waals surface area (Å²) in [4.78, 5) is 41.2. The van der Waals surface area contributed by atoms with Crippen LogP contribution >= 0.6 is 15.2 Å². The first kappa shape index (κ1) is 35.6. The minimum atomic E-state index is -4.20.